The van der Waals surface area contributed by atoms with E-state index in [1.807, 2.05) is 153 Å². The van der Waals surface area contributed by atoms with Crippen molar-refractivity contribution in [3.05, 3.63) is 156 Å². The van der Waals surface area contributed by atoms with Gasteiger partial charge in [-0.05, 0) is 89.9 Å². The van der Waals surface area contributed by atoms with Gasteiger partial charge < -0.3 is 29.1 Å². The van der Waals surface area contributed by atoms with Crippen LogP contribution in [0.5, 0.6) is 23.0 Å². The predicted molar refractivity (Wildman–Crippen MR) is 224 cm³/mol. The molecule has 1 aliphatic carbocycles. The third-order valence-corrected chi connectivity index (χ3v) is 10.6. The summed E-state index contributed by atoms with van der Waals surface area (Å²) in [5.41, 5.74) is 2.53. The number of carboxylic acid groups (broad SMARTS) is 1. The molecule has 4 atom stereocenters. The number of nitrogens with zero attached hydrogens (tertiary/aromatic N) is 2. The number of para-hydroxylation sites is 2. The Morgan fingerprint density at radius 3 is 1.31 bits per heavy atom. The molecule has 0 radical (unpaired) electrons. The second kappa shape index (κ2) is 20.8. The molecule has 59 heavy (non-hydrogen) atoms. The maximum atomic E-state index is 14.9. The molecule has 0 heterocycles. The van der Waals surface area contributed by atoms with E-state index >= 15 is 0 Å². The van der Waals surface area contributed by atoms with Crippen LogP contribution in [0.1, 0.15) is 56.2 Å². The number of benzene rings is 5. The van der Waals surface area contributed by atoms with Crippen LogP contribution in [0.25, 0.3) is 0 Å². The van der Waals surface area contributed by atoms with Crippen LogP contribution in [0.4, 0.5) is 0 Å². The first-order chi connectivity index (χ1) is 28.7. The average molecular weight is 797 g/mol. The molecule has 0 aromatic heterocycles. The Kier molecular flexibility index (Phi) is 14.9. The maximum absolute atomic E-state index is 14.9. The maximum Gasteiger partial charge on any atom is 0.306 e. The Morgan fingerprint density at radius 2 is 0.898 bits per heavy atom. The highest BCUT2D eigenvalue weighted by molar-refractivity contribution is 5.91. The first-order valence-corrected chi connectivity index (χ1v) is 20.3. The van der Waals surface area contributed by atoms with Gasteiger partial charge in [-0.15, -0.1) is 0 Å². The number of carbonyl (C=O) groups excluding carboxylic acids is 3. The monoisotopic (exact) mass is 796 g/mol. The van der Waals surface area contributed by atoms with Crippen LogP contribution in [0, 0.1) is 23.7 Å². The normalized spacial score (nSPS) is 16.9. The molecule has 306 valence electrons. The number of hydrogen-bond donors (Lipinski definition) is 1. The minimum Gasteiger partial charge on any atom is -0.481 e. The van der Waals surface area contributed by atoms with Crippen molar-refractivity contribution >= 4 is 23.8 Å². The van der Waals surface area contributed by atoms with Crippen molar-refractivity contribution < 1.29 is 38.5 Å². The third kappa shape index (κ3) is 11.6. The summed E-state index contributed by atoms with van der Waals surface area (Å²) < 4.78 is 17.6. The highest BCUT2D eigenvalue weighted by atomic mass is 16.5. The molecule has 0 spiro atoms. The Balaban J connectivity index is 1.25. The van der Waals surface area contributed by atoms with Gasteiger partial charge in [0.15, 0.2) is 0 Å². The van der Waals surface area contributed by atoms with E-state index in [0.717, 1.165) is 16.7 Å². The second-order valence-electron chi connectivity index (χ2n) is 15.0. The lowest BCUT2D eigenvalue weighted by atomic mass is 9.53. The van der Waals surface area contributed by atoms with E-state index in [-0.39, 0.29) is 44.4 Å². The zero-order valence-electron chi connectivity index (χ0n) is 33.7. The number of esters is 1. The smallest absolute Gasteiger partial charge is 0.306 e. The molecule has 0 saturated heterocycles. The van der Waals surface area contributed by atoms with Gasteiger partial charge in [0.05, 0.1) is 11.8 Å². The summed E-state index contributed by atoms with van der Waals surface area (Å²) in [6.45, 7) is 5.32. The molecule has 0 aliphatic heterocycles. The summed E-state index contributed by atoms with van der Waals surface area (Å²) in [5, 5.41) is 10.1. The van der Waals surface area contributed by atoms with Gasteiger partial charge in [-0.25, -0.2) is 0 Å². The lowest BCUT2D eigenvalue weighted by Gasteiger charge is -2.52. The minimum absolute atomic E-state index is 0.0440. The molecule has 6 rings (SSSR count). The summed E-state index contributed by atoms with van der Waals surface area (Å²) in [4.78, 5) is 59.0. The van der Waals surface area contributed by atoms with Crippen molar-refractivity contribution in [1.82, 2.24) is 9.80 Å². The van der Waals surface area contributed by atoms with Gasteiger partial charge in [0.2, 0.25) is 11.8 Å². The molecule has 1 aliphatic rings. The van der Waals surface area contributed by atoms with Crippen LogP contribution in [0.15, 0.2) is 140 Å². The van der Waals surface area contributed by atoms with E-state index in [9.17, 15) is 24.3 Å². The summed E-state index contributed by atoms with van der Waals surface area (Å²) in [6, 6.07) is 43.2. The number of amides is 2. The molecular weight excluding hydrogens is 745 g/mol. The van der Waals surface area contributed by atoms with E-state index in [1.165, 1.54) is 0 Å². The highest BCUT2D eigenvalue weighted by Gasteiger charge is 2.59. The van der Waals surface area contributed by atoms with Gasteiger partial charge in [-0.2, -0.15) is 0 Å². The van der Waals surface area contributed by atoms with Crippen LogP contribution in [-0.4, -0.2) is 51.7 Å². The lowest BCUT2D eigenvalue weighted by molar-refractivity contribution is -0.175. The van der Waals surface area contributed by atoms with Crippen LogP contribution in [-0.2, 0) is 43.6 Å². The van der Waals surface area contributed by atoms with E-state index in [4.69, 9.17) is 14.2 Å². The van der Waals surface area contributed by atoms with E-state index in [0.29, 0.717) is 48.9 Å². The Labute approximate surface area is 346 Å². The van der Waals surface area contributed by atoms with E-state index in [1.54, 1.807) is 9.80 Å². The first kappa shape index (κ1) is 42.2. The lowest BCUT2D eigenvalue weighted by Crippen LogP contribution is -2.61. The fraction of sp³-hybridized carbons (Fsp3) is 0.306. The van der Waals surface area contributed by atoms with Crippen LogP contribution in [0.2, 0.25) is 0 Å². The van der Waals surface area contributed by atoms with Crippen molar-refractivity contribution in [2.75, 3.05) is 13.1 Å². The van der Waals surface area contributed by atoms with Gasteiger partial charge >= 0.3 is 11.9 Å². The van der Waals surface area contributed by atoms with E-state index in [2.05, 4.69) is 0 Å². The topological polar surface area (TPSA) is 123 Å². The quantitative estimate of drug-likeness (QED) is 0.0774. The standard InChI is InChI=1S/C49H52N2O8/c1-3-28-50(32-35-20-24-40(25-21-35)58-38-16-10-6-11-17-38)48(55)46-42(30-44(52)53)43(31-45(54)57-34-37-14-8-5-9-15-37)47(46)49(56)51(29-4-2)33-36-22-26-41(27-23-36)59-39-18-12-7-13-19-39/h5-27,42-43,46-47H,3-4,28-34H2,1-2H3,(H,52,53). The van der Waals surface area contributed by atoms with Crippen LogP contribution in [0.3, 0.4) is 0 Å². The molecule has 1 N–H and O–H groups in total. The van der Waals surface area contributed by atoms with Crippen molar-refractivity contribution in [1.29, 1.82) is 0 Å². The average Bonchev–Trinajstić information content (AvgIpc) is 3.25. The van der Waals surface area contributed by atoms with Crippen molar-refractivity contribution in [2.24, 2.45) is 23.7 Å². The van der Waals surface area contributed by atoms with Crippen LogP contribution >= 0.6 is 0 Å². The molecule has 10 nitrogen and oxygen atoms in total. The largest absolute Gasteiger partial charge is 0.481 e. The SMILES string of the molecule is CCCN(Cc1ccc(Oc2ccccc2)cc1)C(=O)C1C(CC(=O)O)C(CC(=O)OCc2ccccc2)C1C(=O)N(CCC)Cc1ccc(Oc2ccccc2)cc1. The number of ether oxygens (including phenoxy) is 3. The van der Waals surface area contributed by atoms with Gasteiger partial charge in [-0.3, -0.25) is 19.2 Å². The minimum atomic E-state index is -1.10. The Hall–Kier alpha value is -6.42. The predicted octanol–water partition coefficient (Wildman–Crippen LogP) is 9.54. The van der Waals surface area contributed by atoms with Gasteiger partial charge in [0.1, 0.15) is 29.6 Å². The van der Waals surface area contributed by atoms with Gasteiger partial charge in [0.25, 0.3) is 0 Å². The highest BCUT2D eigenvalue weighted by Crippen LogP contribution is 2.52. The van der Waals surface area contributed by atoms with E-state index < -0.39 is 35.6 Å². The summed E-state index contributed by atoms with van der Waals surface area (Å²) in [5.74, 6) is -2.84. The number of hydrogen-bond acceptors (Lipinski definition) is 7. The molecular formula is C49H52N2O8. The molecule has 1 saturated carbocycles. The second-order valence-corrected chi connectivity index (χ2v) is 15.0. The fourth-order valence-corrected chi connectivity index (χ4v) is 7.85. The molecule has 10 heteroatoms. The number of rotatable bonds is 20. The Morgan fingerprint density at radius 1 is 0.508 bits per heavy atom. The van der Waals surface area contributed by atoms with Crippen molar-refractivity contribution in [3.63, 3.8) is 0 Å². The van der Waals surface area contributed by atoms with Gasteiger partial charge in [0, 0.05) is 39.0 Å². The molecule has 4 unspecified atom stereocenters. The molecule has 5 aromatic rings. The van der Waals surface area contributed by atoms with Gasteiger partial charge in [-0.1, -0.05) is 105 Å². The summed E-state index contributed by atoms with van der Waals surface area (Å²) >= 11 is 0. The number of aliphatic carboxylic acids is 1. The van der Waals surface area contributed by atoms with Crippen LogP contribution < -0.4 is 9.47 Å². The number of carbonyl (C=O) groups is 4. The molecule has 0 bridgehead atoms. The fourth-order valence-electron chi connectivity index (χ4n) is 7.85. The van der Waals surface area contributed by atoms with Crippen molar-refractivity contribution in [3.8, 4) is 23.0 Å². The number of carboxylic acids is 1. The Bertz CT molecular complexity index is 2110. The zero-order valence-corrected chi connectivity index (χ0v) is 33.7. The first-order valence-electron chi connectivity index (χ1n) is 20.3. The van der Waals surface area contributed by atoms with Crippen molar-refractivity contribution in [2.45, 2.75) is 59.2 Å². The summed E-state index contributed by atoms with van der Waals surface area (Å²) in [7, 11) is 0. The summed E-state index contributed by atoms with van der Waals surface area (Å²) in [6.07, 6.45) is 0.754. The molecule has 5 aromatic carbocycles. The molecule has 2 amide bonds. The zero-order chi connectivity index (χ0) is 41.6. The molecule has 1 fully saturated rings. The third-order valence-electron chi connectivity index (χ3n) is 10.6.